The zero-order chi connectivity index (χ0) is 17.1. The monoisotopic (exact) mass is 324 g/mol. The average molecular weight is 324 g/mol. The Hall–Kier alpha value is -3.46. The first-order valence-corrected chi connectivity index (χ1v) is 8.13. The molecule has 0 spiro atoms. The first kappa shape index (κ1) is 15.1. The highest BCUT2D eigenvalue weighted by atomic mass is 16.1. The second kappa shape index (κ2) is 6.57. The summed E-state index contributed by atoms with van der Waals surface area (Å²) in [5, 5.41) is 0. The van der Waals surface area contributed by atoms with E-state index in [0.717, 1.165) is 22.4 Å². The molecular weight excluding hydrogens is 308 g/mol. The highest BCUT2D eigenvalue weighted by Gasteiger charge is 2.13. The van der Waals surface area contributed by atoms with Crippen molar-refractivity contribution in [1.82, 2.24) is 9.55 Å². The Kier molecular flexibility index (Phi) is 3.97. The molecule has 4 rings (SSSR count). The van der Waals surface area contributed by atoms with E-state index in [9.17, 15) is 4.79 Å². The normalized spacial score (nSPS) is 10.6. The lowest BCUT2D eigenvalue weighted by Crippen LogP contribution is -2.20. The van der Waals surface area contributed by atoms with Gasteiger partial charge in [-0.05, 0) is 11.6 Å². The second-order valence-electron chi connectivity index (χ2n) is 5.69. The molecule has 1 heterocycles. The first-order valence-electron chi connectivity index (χ1n) is 8.13. The smallest absolute Gasteiger partial charge is 0.258 e. The Morgan fingerprint density at radius 3 is 1.96 bits per heavy atom. The summed E-state index contributed by atoms with van der Waals surface area (Å²) in [7, 11) is 0. The number of para-hydroxylation sites is 1. The van der Waals surface area contributed by atoms with Crippen molar-refractivity contribution in [2.24, 2.45) is 0 Å². The van der Waals surface area contributed by atoms with Crippen molar-refractivity contribution in [3.63, 3.8) is 0 Å². The molecule has 0 saturated heterocycles. The molecule has 0 atom stereocenters. The van der Waals surface area contributed by atoms with E-state index in [1.807, 2.05) is 84.9 Å². The molecule has 0 saturated carbocycles. The third kappa shape index (κ3) is 2.88. The Morgan fingerprint density at radius 1 is 0.640 bits per heavy atom. The van der Waals surface area contributed by atoms with Crippen LogP contribution >= 0.6 is 0 Å². The van der Waals surface area contributed by atoms with E-state index in [4.69, 9.17) is 0 Å². The molecule has 4 aromatic rings. The summed E-state index contributed by atoms with van der Waals surface area (Å²) in [6.45, 7) is 0. The standard InChI is InChI=1S/C22H16N2O/c25-21-15-16-23-22(18-11-5-2-6-12-18)24(21)20-14-8-7-13-19(20)17-9-3-1-4-10-17/h1-16H. The number of rotatable bonds is 3. The van der Waals surface area contributed by atoms with E-state index in [1.54, 1.807) is 10.8 Å². The molecule has 0 aliphatic heterocycles. The van der Waals surface area contributed by atoms with E-state index in [1.165, 1.54) is 6.07 Å². The average Bonchev–Trinajstić information content (AvgIpc) is 2.69. The summed E-state index contributed by atoms with van der Waals surface area (Å²) >= 11 is 0. The van der Waals surface area contributed by atoms with Gasteiger partial charge < -0.3 is 0 Å². The summed E-state index contributed by atoms with van der Waals surface area (Å²) in [5.74, 6) is 0.636. The predicted molar refractivity (Wildman–Crippen MR) is 101 cm³/mol. The van der Waals surface area contributed by atoms with Crippen molar-refractivity contribution in [3.05, 3.63) is 108 Å². The largest absolute Gasteiger partial charge is 0.269 e. The van der Waals surface area contributed by atoms with E-state index in [0.29, 0.717) is 5.82 Å². The van der Waals surface area contributed by atoms with Gasteiger partial charge in [0.05, 0.1) is 5.69 Å². The molecule has 3 heteroatoms. The molecule has 3 aromatic carbocycles. The minimum absolute atomic E-state index is 0.0998. The van der Waals surface area contributed by atoms with Crippen LogP contribution in [0.4, 0.5) is 0 Å². The summed E-state index contributed by atoms with van der Waals surface area (Å²) in [5.41, 5.74) is 3.69. The van der Waals surface area contributed by atoms with Crippen LogP contribution in [0.3, 0.4) is 0 Å². The molecule has 120 valence electrons. The van der Waals surface area contributed by atoms with Crippen molar-refractivity contribution < 1.29 is 0 Å². The summed E-state index contributed by atoms with van der Waals surface area (Å²) in [4.78, 5) is 17.2. The van der Waals surface area contributed by atoms with Gasteiger partial charge in [0.1, 0.15) is 5.82 Å². The lowest BCUT2D eigenvalue weighted by Gasteiger charge is -2.15. The summed E-state index contributed by atoms with van der Waals surface area (Å²) in [6.07, 6.45) is 1.56. The fourth-order valence-electron chi connectivity index (χ4n) is 2.96. The molecule has 0 N–H and O–H groups in total. The molecule has 0 fully saturated rings. The van der Waals surface area contributed by atoms with Gasteiger partial charge in [-0.2, -0.15) is 0 Å². The van der Waals surface area contributed by atoms with Gasteiger partial charge in [0.25, 0.3) is 5.56 Å². The minimum Gasteiger partial charge on any atom is -0.269 e. The van der Waals surface area contributed by atoms with Crippen molar-refractivity contribution in [2.75, 3.05) is 0 Å². The molecule has 0 unspecified atom stereocenters. The molecule has 0 amide bonds. The first-order chi connectivity index (χ1) is 12.3. The lowest BCUT2D eigenvalue weighted by molar-refractivity contribution is 0.951. The minimum atomic E-state index is -0.0998. The fourth-order valence-corrected chi connectivity index (χ4v) is 2.96. The van der Waals surface area contributed by atoms with Crippen LogP contribution in [0.25, 0.3) is 28.2 Å². The highest BCUT2D eigenvalue weighted by molar-refractivity contribution is 5.74. The molecular formula is C22H16N2O. The van der Waals surface area contributed by atoms with E-state index >= 15 is 0 Å². The SMILES string of the molecule is O=c1ccnc(-c2ccccc2)n1-c1ccccc1-c1ccccc1. The van der Waals surface area contributed by atoms with Crippen LogP contribution in [-0.2, 0) is 0 Å². The van der Waals surface area contributed by atoms with Crippen LogP contribution in [0.1, 0.15) is 0 Å². The number of aromatic nitrogens is 2. The molecule has 0 aliphatic carbocycles. The van der Waals surface area contributed by atoms with Gasteiger partial charge in [0.2, 0.25) is 0 Å². The number of benzene rings is 3. The molecule has 25 heavy (non-hydrogen) atoms. The van der Waals surface area contributed by atoms with E-state index < -0.39 is 0 Å². The van der Waals surface area contributed by atoms with Crippen LogP contribution < -0.4 is 5.56 Å². The molecule has 0 radical (unpaired) electrons. The zero-order valence-corrected chi connectivity index (χ0v) is 13.5. The number of hydrogen-bond acceptors (Lipinski definition) is 2. The van der Waals surface area contributed by atoms with Crippen molar-refractivity contribution in [3.8, 4) is 28.2 Å². The Balaban J connectivity index is 2.01. The zero-order valence-electron chi connectivity index (χ0n) is 13.5. The van der Waals surface area contributed by atoms with E-state index in [-0.39, 0.29) is 5.56 Å². The van der Waals surface area contributed by atoms with Gasteiger partial charge in [-0.25, -0.2) is 4.98 Å². The molecule has 0 aliphatic rings. The van der Waals surface area contributed by atoms with Crippen LogP contribution in [0.2, 0.25) is 0 Å². The summed E-state index contributed by atoms with van der Waals surface area (Å²) < 4.78 is 1.68. The van der Waals surface area contributed by atoms with Gasteiger partial charge in [0, 0.05) is 23.4 Å². The van der Waals surface area contributed by atoms with Crippen molar-refractivity contribution in [1.29, 1.82) is 0 Å². The third-order valence-electron chi connectivity index (χ3n) is 4.11. The van der Waals surface area contributed by atoms with E-state index in [2.05, 4.69) is 4.98 Å². The maximum absolute atomic E-state index is 12.7. The van der Waals surface area contributed by atoms with Crippen LogP contribution in [0, 0.1) is 0 Å². The Morgan fingerprint density at radius 2 is 1.24 bits per heavy atom. The molecule has 3 nitrogen and oxygen atoms in total. The summed E-state index contributed by atoms with van der Waals surface area (Å²) in [6, 6.07) is 29.2. The van der Waals surface area contributed by atoms with Gasteiger partial charge in [-0.3, -0.25) is 9.36 Å². The number of nitrogens with zero attached hydrogens (tertiary/aromatic N) is 2. The maximum atomic E-state index is 12.7. The molecule has 1 aromatic heterocycles. The van der Waals surface area contributed by atoms with Crippen LogP contribution in [0.15, 0.2) is 102 Å². The highest BCUT2D eigenvalue weighted by Crippen LogP contribution is 2.28. The molecule has 0 bridgehead atoms. The quantitative estimate of drug-likeness (QED) is 0.553. The fraction of sp³-hybridized carbons (Fsp3) is 0. The van der Waals surface area contributed by atoms with Crippen LogP contribution in [0.5, 0.6) is 0 Å². The van der Waals surface area contributed by atoms with Gasteiger partial charge in [0.15, 0.2) is 0 Å². The van der Waals surface area contributed by atoms with Crippen molar-refractivity contribution >= 4 is 0 Å². The topological polar surface area (TPSA) is 34.9 Å². The van der Waals surface area contributed by atoms with Gasteiger partial charge >= 0.3 is 0 Å². The van der Waals surface area contributed by atoms with Gasteiger partial charge in [-0.1, -0.05) is 78.9 Å². The van der Waals surface area contributed by atoms with Crippen LogP contribution in [-0.4, -0.2) is 9.55 Å². The Bertz CT molecular complexity index is 1050. The number of hydrogen-bond donors (Lipinski definition) is 0. The van der Waals surface area contributed by atoms with Crippen molar-refractivity contribution in [2.45, 2.75) is 0 Å². The third-order valence-corrected chi connectivity index (χ3v) is 4.11. The van der Waals surface area contributed by atoms with Gasteiger partial charge in [-0.15, -0.1) is 0 Å². The Labute approximate surface area is 145 Å². The maximum Gasteiger partial charge on any atom is 0.258 e. The lowest BCUT2D eigenvalue weighted by atomic mass is 10.0. The second-order valence-corrected chi connectivity index (χ2v) is 5.69. The predicted octanol–water partition coefficient (Wildman–Crippen LogP) is 4.57.